The highest BCUT2D eigenvalue weighted by atomic mass is 32.1. The molecule has 1 amide bonds. The maximum atomic E-state index is 11.7. The van der Waals surface area contributed by atoms with Crippen LogP contribution in [0.2, 0.25) is 0 Å². The molecule has 0 N–H and O–H groups in total. The zero-order chi connectivity index (χ0) is 10.8. The van der Waals surface area contributed by atoms with Crippen molar-refractivity contribution in [3.63, 3.8) is 0 Å². The van der Waals surface area contributed by atoms with Crippen molar-refractivity contribution in [1.82, 2.24) is 9.88 Å². The Morgan fingerprint density at radius 3 is 3.13 bits per heavy atom. The van der Waals surface area contributed by atoms with Crippen molar-refractivity contribution in [1.29, 1.82) is 0 Å². The summed E-state index contributed by atoms with van der Waals surface area (Å²) in [6.45, 7) is 2.86. The third-order valence-corrected chi connectivity index (χ3v) is 4.24. The zero-order valence-corrected chi connectivity index (χ0v) is 10.3. The Morgan fingerprint density at radius 2 is 2.60 bits per heavy atom. The molecule has 5 heteroatoms. The first-order valence-electron chi connectivity index (χ1n) is 5.02. The van der Waals surface area contributed by atoms with Gasteiger partial charge >= 0.3 is 0 Å². The van der Waals surface area contributed by atoms with Crippen LogP contribution in [0, 0.1) is 5.92 Å². The van der Waals surface area contributed by atoms with E-state index in [1.54, 1.807) is 17.5 Å². The van der Waals surface area contributed by atoms with Gasteiger partial charge in [0.1, 0.15) is 5.01 Å². The van der Waals surface area contributed by atoms with Crippen LogP contribution in [-0.2, 0) is 4.79 Å². The molecule has 82 valence electrons. The van der Waals surface area contributed by atoms with Crippen molar-refractivity contribution < 1.29 is 4.79 Å². The average Bonchev–Trinajstić information content (AvgIpc) is 2.85. The first-order chi connectivity index (χ1) is 7.22. The first kappa shape index (κ1) is 11.0. The molecule has 0 bridgehead atoms. The third-order valence-electron chi connectivity index (χ3n) is 2.77. The highest BCUT2D eigenvalue weighted by molar-refractivity contribution is 7.80. The fourth-order valence-corrected chi connectivity index (χ4v) is 2.83. The zero-order valence-electron chi connectivity index (χ0n) is 8.59. The van der Waals surface area contributed by atoms with E-state index >= 15 is 0 Å². The number of rotatable bonds is 3. The minimum absolute atomic E-state index is 0.113. The smallest absolute Gasteiger partial charge is 0.223 e. The number of hydrogen-bond donors (Lipinski definition) is 1. The van der Waals surface area contributed by atoms with E-state index < -0.39 is 0 Å². The van der Waals surface area contributed by atoms with Gasteiger partial charge in [-0.3, -0.25) is 4.79 Å². The highest BCUT2D eigenvalue weighted by Gasteiger charge is 2.33. The number of nitrogens with zero attached hydrogens (tertiary/aromatic N) is 2. The number of aromatic nitrogens is 1. The molecule has 0 spiro atoms. The maximum absolute atomic E-state index is 11.7. The lowest BCUT2D eigenvalue weighted by atomic mass is 10.1. The number of amides is 1. The SMILES string of the molecule is CC(c1nccs1)N1CC(CS)CC1=O. The molecule has 1 aliphatic rings. The van der Waals surface area contributed by atoms with E-state index in [-0.39, 0.29) is 11.9 Å². The lowest BCUT2D eigenvalue weighted by Gasteiger charge is -2.22. The Labute approximate surface area is 98.9 Å². The molecule has 1 fully saturated rings. The minimum Gasteiger partial charge on any atom is -0.333 e. The van der Waals surface area contributed by atoms with Gasteiger partial charge in [0.05, 0.1) is 6.04 Å². The molecule has 1 aromatic rings. The van der Waals surface area contributed by atoms with E-state index in [1.807, 2.05) is 17.2 Å². The van der Waals surface area contributed by atoms with Crippen LogP contribution < -0.4 is 0 Å². The first-order valence-corrected chi connectivity index (χ1v) is 6.53. The molecule has 15 heavy (non-hydrogen) atoms. The van der Waals surface area contributed by atoms with Gasteiger partial charge in [0.15, 0.2) is 0 Å². The molecule has 1 saturated heterocycles. The Kier molecular flexibility index (Phi) is 3.31. The average molecular weight is 242 g/mol. The van der Waals surface area contributed by atoms with Gasteiger partial charge in [0.2, 0.25) is 5.91 Å². The van der Waals surface area contributed by atoms with Crippen LogP contribution in [0.15, 0.2) is 11.6 Å². The predicted octanol–water partition coefficient (Wildman–Crippen LogP) is 1.98. The highest BCUT2D eigenvalue weighted by Crippen LogP contribution is 2.29. The summed E-state index contributed by atoms with van der Waals surface area (Å²) in [5.41, 5.74) is 0. The van der Waals surface area contributed by atoms with Crippen molar-refractivity contribution in [3.05, 3.63) is 16.6 Å². The van der Waals surface area contributed by atoms with Crippen molar-refractivity contribution in [2.75, 3.05) is 12.3 Å². The minimum atomic E-state index is 0.113. The number of hydrogen-bond acceptors (Lipinski definition) is 4. The Morgan fingerprint density at radius 1 is 1.80 bits per heavy atom. The molecular formula is C10H14N2OS2. The van der Waals surface area contributed by atoms with Crippen LogP contribution in [0.1, 0.15) is 24.4 Å². The van der Waals surface area contributed by atoms with Gasteiger partial charge in [-0.2, -0.15) is 12.6 Å². The number of carbonyl (C=O) groups excluding carboxylic acids is 1. The number of thiol groups is 1. The summed E-state index contributed by atoms with van der Waals surface area (Å²) >= 11 is 5.85. The third kappa shape index (κ3) is 2.18. The summed E-state index contributed by atoms with van der Waals surface area (Å²) in [5.74, 6) is 1.42. The molecule has 2 rings (SSSR count). The van der Waals surface area contributed by atoms with Crippen molar-refractivity contribution in [2.45, 2.75) is 19.4 Å². The van der Waals surface area contributed by atoms with Crippen LogP contribution in [0.25, 0.3) is 0 Å². The lowest BCUT2D eigenvalue weighted by molar-refractivity contribution is -0.129. The van der Waals surface area contributed by atoms with E-state index in [4.69, 9.17) is 0 Å². The van der Waals surface area contributed by atoms with Crippen LogP contribution in [0.3, 0.4) is 0 Å². The molecule has 0 aromatic carbocycles. The molecular weight excluding hydrogens is 228 g/mol. The number of thiazole rings is 1. The molecule has 2 heterocycles. The molecule has 1 aromatic heterocycles. The number of carbonyl (C=O) groups is 1. The Bertz CT molecular complexity index is 339. The van der Waals surface area contributed by atoms with E-state index in [9.17, 15) is 4.79 Å². The van der Waals surface area contributed by atoms with Gasteiger partial charge < -0.3 is 4.90 Å². The molecule has 2 unspecified atom stereocenters. The van der Waals surface area contributed by atoms with Gasteiger partial charge in [-0.1, -0.05) is 0 Å². The molecule has 0 saturated carbocycles. The summed E-state index contributed by atoms with van der Waals surface area (Å²) < 4.78 is 0. The maximum Gasteiger partial charge on any atom is 0.223 e. The largest absolute Gasteiger partial charge is 0.333 e. The topological polar surface area (TPSA) is 33.2 Å². The molecule has 2 atom stereocenters. The van der Waals surface area contributed by atoms with Crippen LogP contribution in [-0.4, -0.2) is 28.1 Å². The second kappa shape index (κ2) is 4.53. The van der Waals surface area contributed by atoms with E-state index in [2.05, 4.69) is 17.6 Å². The Hall–Kier alpha value is -0.550. The second-order valence-electron chi connectivity index (χ2n) is 3.85. The van der Waals surface area contributed by atoms with Crippen LogP contribution in [0.5, 0.6) is 0 Å². The normalized spacial score (nSPS) is 23.5. The van der Waals surface area contributed by atoms with Crippen LogP contribution in [0.4, 0.5) is 0 Å². The monoisotopic (exact) mass is 242 g/mol. The van der Waals surface area contributed by atoms with Crippen molar-refractivity contribution in [3.8, 4) is 0 Å². The van der Waals surface area contributed by atoms with E-state index in [1.165, 1.54) is 0 Å². The van der Waals surface area contributed by atoms with Gasteiger partial charge in [-0.05, 0) is 18.6 Å². The van der Waals surface area contributed by atoms with Gasteiger partial charge in [0.25, 0.3) is 0 Å². The predicted molar refractivity (Wildman–Crippen MR) is 64.2 cm³/mol. The van der Waals surface area contributed by atoms with Gasteiger partial charge in [0, 0.05) is 24.5 Å². The molecule has 1 aliphatic heterocycles. The standard InChI is InChI=1S/C10H14N2OS2/c1-7(10-11-2-3-15-10)12-5-8(6-14)4-9(12)13/h2-3,7-8,14H,4-6H2,1H3. The van der Waals surface area contributed by atoms with E-state index in [0.717, 1.165) is 17.3 Å². The quantitative estimate of drug-likeness (QED) is 0.822. The summed E-state index contributed by atoms with van der Waals surface area (Å²) in [7, 11) is 0. The van der Waals surface area contributed by atoms with Crippen molar-refractivity contribution in [2.24, 2.45) is 5.92 Å². The fraction of sp³-hybridized carbons (Fsp3) is 0.600. The summed E-state index contributed by atoms with van der Waals surface area (Å²) in [6, 6.07) is 0.113. The lowest BCUT2D eigenvalue weighted by Crippen LogP contribution is -2.28. The van der Waals surface area contributed by atoms with Crippen molar-refractivity contribution >= 4 is 29.9 Å². The molecule has 0 radical (unpaired) electrons. The molecule has 3 nitrogen and oxygen atoms in total. The second-order valence-corrected chi connectivity index (χ2v) is 5.14. The van der Waals surface area contributed by atoms with E-state index in [0.29, 0.717) is 12.3 Å². The number of likely N-dealkylation sites (tertiary alicyclic amines) is 1. The molecule has 0 aliphatic carbocycles. The summed E-state index contributed by atoms with van der Waals surface area (Å²) in [4.78, 5) is 17.9. The Balaban J connectivity index is 2.08. The summed E-state index contributed by atoms with van der Waals surface area (Å²) in [5, 5.41) is 2.96. The van der Waals surface area contributed by atoms with Gasteiger partial charge in [-0.25, -0.2) is 4.98 Å². The van der Waals surface area contributed by atoms with Crippen LogP contribution >= 0.6 is 24.0 Å². The van der Waals surface area contributed by atoms with Gasteiger partial charge in [-0.15, -0.1) is 11.3 Å². The fourth-order valence-electron chi connectivity index (χ4n) is 1.88. The summed E-state index contributed by atoms with van der Waals surface area (Å²) in [6.07, 6.45) is 2.42.